The van der Waals surface area contributed by atoms with Gasteiger partial charge in [0.1, 0.15) is 0 Å². The second-order valence-corrected chi connectivity index (χ2v) is 5.01. The molecule has 2 unspecified atom stereocenters. The van der Waals surface area contributed by atoms with Gasteiger partial charge in [-0.25, -0.2) is 0 Å². The third-order valence-corrected chi connectivity index (χ3v) is 4.46. The van der Waals surface area contributed by atoms with Crippen LogP contribution in [0.25, 0.3) is 0 Å². The van der Waals surface area contributed by atoms with E-state index in [2.05, 4.69) is 38.3 Å². The van der Waals surface area contributed by atoms with Crippen molar-refractivity contribution in [1.29, 1.82) is 0 Å². The summed E-state index contributed by atoms with van der Waals surface area (Å²) in [7, 11) is 0. The van der Waals surface area contributed by atoms with E-state index in [1.54, 1.807) is 0 Å². The molecule has 0 spiro atoms. The highest BCUT2D eigenvalue weighted by Crippen LogP contribution is 2.21. The van der Waals surface area contributed by atoms with Crippen LogP contribution in [0.15, 0.2) is 0 Å². The Balaban J connectivity index is 2.39. The van der Waals surface area contributed by atoms with Gasteiger partial charge in [0.2, 0.25) is 0 Å². The molecule has 2 N–H and O–H groups in total. The number of hydrogen-bond donors (Lipinski definition) is 2. The monoisotopic (exact) mass is 212 g/mol. The van der Waals surface area contributed by atoms with E-state index < -0.39 is 0 Å². The second kappa shape index (κ2) is 5.86. The number of hydrogen-bond acceptors (Lipinski definition) is 2. The maximum Gasteiger partial charge on any atom is 0.0173 e. The maximum atomic E-state index is 3.81. The van der Waals surface area contributed by atoms with Crippen molar-refractivity contribution in [2.75, 3.05) is 13.1 Å². The molecule has 2 nitrogen and oxygen atoms in total. The van der Waals surface area contributed by atoms with Crippen LogP contribution >= 0.6 is 0 Å². The van der Waals surface area contributed by atoms with Crippen LogP contribution in [-0.2, 0) is 0 Å². The fourth-order valence-electron chi connectivity index (χ4n) is 2.66. The van der Waals surface area contributed by atoms with Crippen molar-refractivity contribution in [2.45, 2.75) is 65.0 Å². The van der Waals surface area contributed by atoms with E-state index in [4.69, 9.17) is 0 Å². The first-order valence-corrected chi connectivity index (χ1v) is 6.65. The highest BCUT2D eigenvalue weighted by Gasteiger charge is 2.27. The smallest absolute Gasteiger partial charge is 0.0173 e. The second-order valence-electron chi connectivity index (χ2n) is 5.01. The lowest BCUT2D eigenvalue weighted by atomic mass is 9.88. The zero-order valence-corrected chi connectivity index (χ0v) is 10.9. The van der Waals surface area contributed by atoms with Crippen molar-refractivity contribution in [2.24, 2.45) is 5.92 Å². The quantitative estimate of drug-likeness (QED) is 0.707. The molecule has 0 aromatic rings. The average molecular weight is 212 g/mol. The minimum absolute atomic E-state index is 0.391. The normalized spacial score (nSPS) is 27.2. The van der Waals surface area contributed by atoms with E-state index in [1.807, 2.05) is 0 Å². The molecule has 1 saturated heterocycles. The van der Waals surface area contributed by atoms with Gasteiger partial charge in [0.05, 0.1) is 0 Å². The van der Waals surface area contributed by atoms with Gasteiger partial charge in [-0.15, -0.1) is 0 Å². The fraction of sp³-hybridized carbons (Fsp3) is 1.00. The first-order valence-electron chi connectivity index (χ1n) is 6.65. The summed E-state index contributed by atoms with van der Waals surface area (Å²) in [6, 6.07) is 0.695. The van der Waals surface area contributed by atoms with Crippen molar-refractivity contribution in [3.63, 3.8) is 0 Å². The molecule has 0 saturated carbocycles. The van der Waals surface area contributed by atoms with Gasteiger partial charge in [0, 0.05) is 11.6 Å². The van der Waals surface area contributed by atoms with E-state index in [0.717, 1.165) is 5.92 Å². The average Bonchev–Trinajstić information content (AvgIpc) is 2.67. The van der Waals surface area contributed by atoms with E-state index in [9.17, 15) is 0 Å². The summed E-state index contributed by atoms with van der Waals surface area (Å²) in [5.41, 5.74) is 0.391. The predicted octanol–water partition coefficient (Wildman–Crippen LogP) is 2.54. The van der Waals surface area contributed by atoms with Crippen LogP contribution in [0.3, 0.4) is 0 Å². The van der Waals surface area contributed by atoms with Crippen molar-refractivity contribution in [1.82, 2.24) is 10.6 Å². The maximum absolute atomic E-state index is 3.81. The first-order chi connectivity index (χ1) is 7.17. The van der Waals surface area contributed by atoms with E-state index >= 15 is 0 Å². The Morgan fingerprint density at radius 1 is 1.20 bits per heavy atom. The van der Waals surface area contributed by atoms with Gasteiger partial charge in [-0.1, -0.05) is 20.8 Å². The third kappa shape index (κ3) is 3.18. The van der Waals surface area contributed by atoms with Crippen LogP contribution in [0.4, 0.5) is 0 Å². The summed E-state index contributed by atoms with van der Waals surface area (Å²) in [6.45, 7) is 11.6. The van der Waals surface area contributed by atoms with Crippen molar-refractivity contribution in [3.05, 3.63) is 0 Å². The molecule has 90 valence electrons. The molecule has 1 fully saturated rings. The summed E-state index contributed by atoms with van der Waals surface area (Å²) in [6.07, 6.45) is 5.07. The van der Waals surface area contributed by atoms with E-state index in [-0.39, 0.29) is 0 Å². The minimum Gasteiger partial charge on any atom is -0.314 e. The first kappa shape index (κ1) is 13.0. The number of nitrogens with one attached hydrogen (secondary N) is 2. The van der Waals surface area contributed by atoms with Crippen LogP contribution in [-0.4, -0.2) is 24.7 Å². The molecule has 0 radical (unpaired) electrons. The predicted molar refractivity (Wildman–Crippen MR) is 67.2 cm³/mol. The molecule has 0 amide bonds. The van der Waals surface area contributed by atoms with Gasteiger partial charge < -0.3 is 10.6 Å². The lowest BCUT2D eigenvalue weighted by molar-refractivity contribution is 0.265. The molecule has 2 heteroatoms. The Kier molecular flexibility index (Phi) is 5.07. The Bertz CT molecular complexity index is 167. The van der Waals surface area contributed by atoms with Crippen molar-refractivity contribution in [3.8, 4) is 0 Å². The van der Waals surface area contributed by atoms with Gasteiger partial charge in [-0.3, -0.25) is 0 Å². The van der Waals surface area contributed by atoms with Crippen molar-refractivity contribution < 1.29 is 0 Å². The molecular weight excluding hydrogens is 184 g/mol. The van der Waals surface area contributed by atoms with Gasteiger partial charge in [0.15, 0.2) is 0 Å². The summed E-state index contributed by atoms with van der Waals surface area (Å²) in [4.78, 5) is 0. The molecule has 0 aromatic heterocycles. The zero-order valence-electron chi connectivity index (χ0n) is 10.9. The Morgan fingerprint density at radius 2 is 1.80 bits per heavy atom. The molecule has 15 heavy (non-hydrogen) atoms. The minimum atomic E-state index is 0.391. The zero-order chi connectivity index (χ0) is 11.3. The third-order valence-electron chi connectivity index (χ3n) is 4.46. The van der Waals surface area contributed by atoms with Gasteiger partial charge in [-0.05, 0) is 51.6 Å². The standard InChI is InChI=1S/C13H28N2/c1-5-13(6-2,7-3)15-10-12-8-9-14-11(12)4/h11-12,14-15H,5-10H2,1-4H3. The van der Waals surface area contributed by atoms with Crippen LogP contribution in [0.2, 0.25) is 0 Å². The molecule has 1 aliphatic rings. The summed E-state index contributed by atoms with van der Waals surface area (Å²) < 4.78 is 0. The molecule has 0 aromatic carbocycles. The molecule has 0 bridgehead atoms. The Morgan fingerprint density at radius 3 is 2.20 bits per heavy atom. The lowest BCUT2D eigenvalue weighted by Crippen LogP contribution is -2.47. The topological polar surface area (TPSA) is 24.1 Å². The van der Waals surface area contributed by atoms with Crippen LogP contribution in [0.5, 0.6) is 0 Å². The molecule has 1 rings (SSSR count). The molecule has 2 atom stereocenters. The van der Waals surface area contributed by atoms with Crippen LogP contribution < -0.4 is 10.6 Å². The van der Waals surface area contributed by atoms with Crippen molar-refractivity contribution >= 4 is 0 Å². The summed E-state index contributed by atoms with van der Waals surface area (Å²) in [5, 5.41) is 7.33. The number of rotatable bonds is 6. The van der Waals surface area contributed by atoms with Gasteiger partial charge >= 0.3 is 0 Å². The SMILES string of the molecule is CCC(CC)(CC)NCC1CCNC1C. The molecule has 1 heterocycles. The Labute approximate surface area is 95.2 Å². The van der Waals surface area contributed by atoms with E-state index in [1.165, 1.54) is 38.8 Å². The molecule has 0 aliphatic carbocycles. The van der Waals surface area contributed by atoms with E-state index in [0.29, 0.717) is 11.6 Å². The lowest BCUT2D eigenvalue weighted by Gasteiger charge is -2.34. The Hall–Kier alpha value is -0.0800. The fourth-order valence-corrected chi connectivity index (χ4v) is 2.66. The summed E-state index contributed by atoms with van der Waals surface area (Å²) >= 11 is 0. The highest BCUT2D eigenvalue weighted by molar-refractivity contribution is 4.88. The summed E-state index contributed by atoms with van der Waals surface area (Å²) in [5.74, 6) is 0.828. The molecule has 1 aliphatic heterocycles. The van der Waals surface area contributed by atoms with Crippen LogP contribution in [0, 0.1) is 5.92 Å². The van der Waals surface area contributed by atoms with Gasteiger partial charge in [-0.2, -0.15) is 0 Å². The van der Waals surface area contributed by atoms with Gasteiger partial charge in [0.25, 0.3) is 0 Å². The molecular formula is C13H28N2. The van der Waals surface area contributed by atoms with Crippen LogP contribution in [0.1, 0.15) is 53.4 Å². The largest absolute Gasteiger partial charge is 0.314 e. The highest BCUT2D eigenvalue weighted by atomic mass is 15.0.